The highest BCUT2D eigenvalue weighted by atomic mass is 16.5. The molecule has 0 fully saturated rings. The molecule has 0 radical (unpaired) electrons. The minimum Gasteiger partial charge on any atom is -0.449 e. The van der Waals surface area contributed by atoms with E-state index >= 15 is 0 Å². The number of carbonyl (C=O) groups is 3. The Balaban J connectivity index is 1.54. The molecule has 158 valence electrons. The van der Waals surface area contributed by atoms with Gasteiger partial charge >= 0.3 is 6.09 Å². The largest absolute Gasteiger partial charge is 0.449 e. The number of nitrogens with two attached hydrogens (primary N) is 1. The molecule has 1 atom stereocenters. The number of primary amides is 1. The number of hydrogen-bond acceptors (Lipinski definition) is 4. The number of rotatable bonds is 9. The normalized spacial score (nSPS) is 13.1. The third kappa shape index (κ3) is 5.17. The van der Waals surface area contributed by atoms with E-state index in [-0.39, 0.29) is 18.4 Å². The smallest absolute Gasteiger partial charge is 0.407 e. The van der Waals surface area contributed by atoms with Gasteiger partial charge in [-0.3, -0.25) is 9.59 Å². The SMILES string of the molecule is CC(=O)NCCCC[C@H](NC(=O)OCC1c2ccccc2-c2ccccc21)C(N)=O. The van der Waals surface area contributed by atoms with E-state index in [4.69, 9.17) is 10.5 Å². The van der Waals surface area contributed by atoms with Gasteiger partial charge in [-0.15, -0.1) is 0 Å². The molecule has 30 heavy (non-hydrogen) atoms. The van der Waals surface area contributed by atoms with Crippen LogP contribution >= 0.6 is 0 Å². The molecule has 3 rings (SSSR count). The Hall–Kier alpha value is -3.35. The number of benzene rings is 2. The van der Waals surface area contributed by atoms with Gasteiger partial charge in [-0.1, -0.05) is 48.5 Å². The molecule has 0 heterocycles. The lowest BCUT2D eigenvalue weighted by molar-refractivity contribution is -0.120. The number of alkyl carbamates (subject to hydrolysis) is 1. The highest BCUT2D eigenvalue weighted by molar-refractivity contribution is 5.84. The fourth-order valence-corrected chi connectivity index (χ4v) is 3.81. The maximum atomic E-state index is 12.3. The summed E-state index contributed by atoms with van der Waals surface area (Å²) in [5.41, 5.74) is 9.95. The van der Waals surface area contributed by atoms with E-state index in [0.717, 1.165) is 22.3 Å². The second-order valence-corrected chi connectivity index (χ2v) is 7.40. The van der Waals surface area contributed by atoms with Crippen molar-refractivity contribution in [1.82, 2.24) is 10.6 Å². The van der Waals surface area contributed by atoms with Crippen LogP contribution in [0.1, 0.15) is 43.2 Å². The molecule has 2 aromatic carbocycles. The van der Waals surface area contributed by atoms with E-state index < -0.39 is 18.0 Å². The molecule has 1 aliphatic carbocycles. The van der Waals surface area contributed by atoms with Crippen LogP contribution in [0.3, 0.4) is 0 Å². The maximum absolute atomic E-state index is 12.3. The Bertz CT molecular complexity index is 883. The van der Waals surface area contributed by atoms with Gasteiger partial charge in [0, 0.05) is 19.4 Å². The molecule has 1 aliphatic rings. The second kappa shape index (κ2) is 9.91. The molecule has 4 N–H and O–H groups in total. The number of fused-ring (bicyclic) bond motifs is 3. The third-order valence-electron chi connectivity index (χ3n) is 5.27. The molecule has 7 heteroatoms. The summed E-state index contributed by atoms with van der Waals surface area (Å²) in [6, 6.07) is 15.4. The lowest BCUT2D eigenvalue weighted by Crippen LogP contribution is -2.44. The van der Waals surface area contributed by atoms with E-state index in [1.54, 1.807) is 0 Å². The van der Waals surface area contributed by atoms with Gasteiger partial charge in [-0.2, -0.15) is 0 Å². The summed E-state index contributed by atoms with van der Waals surface area (Å²) in [6.45, 7) is 2.14. The Morgan fingerprint density at radius 3 is 2.17 bits per heavy atom. The van der Waals surface area contributed by atoms with Gasteiger partial charge in [0.15, 0.2) is 0 Å². The fourth-order valence-electron chi connectivity index (χ4n) is 3.81. The first-order chi connectivity index (χ1) is 14.5. The van der Waals surface area contributed by atoms with Crippen molar-refractivity contribution in [1.29, 1.82) is 0 Å². The van der Waals surface area contributed by atoms with Crippen LogP contribution in [0, 0.1) is 0 Å². The topological polar surface area (TPSA) is 111 Å². The second-order valence-electron chi connectivity index (χ2n) is 7.40. The van der Waals surface area contributed by atoms with Crippen molar-refractivity contribution in [2.24, 2.45) is 5.73 Å². The lowest BCUT2D eigenvalue weighted by atomic mass is 9.98. The summed E-state index contributed by atoms with van der Waals surface area (Å²) in [5.74, 6) is -0.755. The highest BCUT2D eigenvalue weighted by Gasteiger charge is 2.29. The van der Waals surface area contributed by atoms with Gasteiger partial charge in [0.2, 0.25) is 11.8 Å². The van der Waals surface area contributed by atoms with E-state index in [0.29, 0.717) is 25.8 Å². The van der Waals surface area contributed by atoms with E-state index in [2.05, 4.69) is 22.8 Å². The van der Waals surface area contributed by atoms with Gasteiger partial charge in [-0.05, 0) is 41.5 Å². The van der Waals surface area contributed by atoms with Crippen LogP contribution in [0.15, 0.2) is 48.5 Å². The maximum Gasteiger partial charge on any atom is 0.407 e. The summed E-state index contributed by atoms with van der Waals surface area (Å²) in [6.07, 6.45) is 1.05. The molecule has 3 amide bonds. The molecule has 7 nitrogen and oxygen atoms in total. The predicted octanol–water partition coefficient (Wildman–Crippen LogP) is 2.69. The van der Waals surface area contributed by atoms with Crippen molar-refractivity contribution in [3.8, 4) is 11.1 Å². The van der Waals surface area contributed by atoms with Crippen LogP contribution in [0.2, 0.25) is 0 Å². The van der Waals surface area contributed by atoms with Crippen molar-refractivity contribution < 1.29 is 19.1 Å². The minimum atomic E-state index is -0.807. The minimum absolute atomic E-state index is 0.0483. The Kier molecular flexibility index (Phi) is 7.06. The first-order valence-corrected chi connectivity index (χ1v) is 10.1. The molecule has 2 aromatic rings. The average molecular weight is 409 g/mol. The summed E-state index contributed by atoms with van der Waals surface area (Å²) in [4.78, 5) is 34.9. The average Bonchev–Trinajstić information content (AvgIpc) is 3.04. The number of unbranched alkanes of at least 4 members (excludes halogenated alkanes) is 1. The van der Waals surface area contributed by atoms with Gasteiger partial charge in [0.05, 0.1) is 0 Å². The number of carbonyl (C=O) groups excluding carboxylic acids is 3. The molecule has 0 unspecified atom stereocenters. The Morgan fingerprint density at radius 2 is 1.60 bits per heavy atom. The van der Waals surface area contributed by atoms with Gasteiger partial charge in [-0.25, -0.2) is 4.79 Å². The number of nitrogens with one attached hydrogen (secondary N) is 2. The number of hydrogen-bond donors (Lipinski definition) is 3. The zero-order valence-electron chi connectivity index (χ0n) is 17.0. The van der Waals surface area contributed by atoms with Gasteiger partial charge < -0.3 is 21.1 Å². The molecule has 0 saturated carbocycles. The standard InChI is InChI=1S/C23H27N3O4/c1-15(27)25-13-7-6-12-21(22(24)28)26-23(29)30-14-20-18-10-4-2-8-16(18)17-9-3-5-11-19(17)20/h2-5,8-11,20-21H,6-7,12-14H2,1H3,(H2,24,28)(H,25,27)(H,26,29)/t21-/m0/s1. The van der Waals surface area contributed by atoms with Crippen LogP contribution in [0.5, 0.6) is 0 Å². The van der Waals surface area contributed by atoms with Crippen molar-refractivity contribution in [2.45, 2.75) is 38.1 Å². The monoisotopic (exact) mass is 409 g/mol. The molecule has 0 aliphatic heterocycles. The van der Waals surface area contributed by atoms with Crippen molar-refractivity contribution in [2.75, 3.05) is 13.2 Å². The highest BCUT2D eigenvalue weighted by Crippen LogP contribution is 2.44. The van der Waals surface area contributed by atoms with Crippen LogP contribution in [-0.4, -0.2) is 37.1 Å². The lowest BCUT2D eigenvalue weighted by Gasteiger charge is -2.18. The van der Waals surface area contributed by atoms with Crippen LogP contribution in [0.4, 0.5) is 4.79 Å². The predicted molar refractivity (Wildman–Crippen MR) is 114 cm³/mol. The fraction of sp³-hybridized carbons (Fsp3) is 0.348. The van der Waals surface area contributed by atoms with Gasteiger partial charge in [0.25, 0.3) is 0 Å². The van der Waals surface area contributed by atoms with E-state index in [9.17, 15) is 14.4 Å². The zero-order valence-corrected chi connectivity index (χ0v) is 17.0. The number of amides is 3. The molecular weight excluding hydrogens is 382 g/mol. The Labute approximate surface area is 176 Å². The van der Waals surface area contributed by atoms with E-state index in [1.807, 2.05) is 36.4 Å². The van der Waals surface area contributed by atoms with E-state index in [1.165, 1.54) is 6.92 Å². The van der Waals surface area contributed by atoms with Crippen molar-refractivity contribution in [3.63, 3.8) is 0 Å². The van der Waals surface area contributed by atoms with Crippen molar-refractivity contribution >= 4 is 17.9 Å². The quantitative estimate of drug-likeness (QED) is 0.553. The molecule has 0 saturated heterocycles. The summed E-state index contributed by atoms with van der Waals surface area (Å²) >= 11 is 0. The molecule has 0 bridgehead atoms. The molecular formula is C23H27N3O4. The summed E-state index contributed by atoms with van der Waals surface area (Å²) in [7, 11) is 0. The van der Waals surface area contributed by atoms with Crippen molar-refractivity contribution in [3.05, 3.63) is 59.7 Å². The molecule has 0 aromatic heterocycles. The number of ether oxygens (including phenoxy) is 1. The van der Waals surface area contributed by atoms with Crippen LogP contribution in [-0.2, 0) is 14.3 Å². The third-order valence-corrected chi connectivity index (χ3v) is 5.27. The summed E-state index contributed by atoms with van der Waals surface area (Å²) < 4.78 is 5.46. The van der Waals surface area contributed by atoms with Crippen LogP contribution in [0.25, 0.3) is 11.1 Å². The summed E-state index contributed by atoms with van der Waals surface area (Å²) in [5, 5.41) is 5.25. The first kappa shape index (κ1) is 21.4. The Morgan fingerprint density at radius 1 is 1.00 bits per heavy atom. The first-order valence-electron chi connectivity index (χ1n) is 10.1. The zero-order chi connectivity index (χ0) is 21.5. The van der Waals surface area contributed by atoms with Gasteiger partial charge in [0.1, 0.15) is 12.6 Å². The molecule has 0 spiro atoms. The van der Waals surface area contributed by atoms with Crippen LogP contribution < -0.4 is 16.4 Å².